The van der Waals surface area contributed by atoms with Gasteiger partial charge in [0.15, 0.2) is 0 Å². The number of ether oxygens (including phenoxy) is 1. The zero-order valence-corrected chi connectivity index (χ0v) is 13.2. The minimum Gasteiger partial charge on any atom is -0.457 e. The summed E-state index contributed by atoms with van der Waals surface area (Å²) in [6, 6.07) is 24.5. The maximum atomic E-state index is 12.4. The Morgan fingerprint density at radius 3 is 2.22 bits per heavy atom. The molecule has 0 N–H and O–H groups in total. The fourth-order valence-corrected chi connectivity index (χ4v) is 2.46. The molecule has 3 heteroatoms. The summed E-state index contributed by atoms with van der Waals surface area (Å²) in [5.74, 6) is -0.334. The van der Waals surface area contributed by atoms with Crippen molar-refractivity contribution in [3.8, 4) is 11.1 Å². The maximum absolute atomic E-state index is 12.4. The predicted molar refractivity (Wildman–Crippen MR) is 92.4 cm³/mol. The van der Waals surface area contributed by atoms with E-state index in [1.165, 1.54) is 0 Å². The van der Waals surface area contributed by atoms with Gasteiger partial charge in [0.05, 0.1) is 5.56 Å². The Morgan fingerprint density at radius 1 is 0.826 bits per heavy atom. The van der Waals surface area contributed by atoms with Crippen LogP contribution in [0.5, 0.6) is 0 Å². The molecule has 3 rings (SSSR count). The average molecular weight is 323 g/mol. The number of rotatable bonds is 4. The van der Waals surface area contributed by atoms with E-state index < -0.39 is 0 Å². The summed E-state index contributed by atoms with van der Waals surface area (Å²) in [4.78, 5) is 12.4. The number of esters is 1. The van der Waals surface area contributed by atoms with Crippen LogP contribution in [0.1, 0.15) is 15.9 Å². The molecule has 0 aromatic heterocycles. The van der Waals surface area contributed by atoms with Crippen molar-refractivity contribution in [2.75, 3.05) is 0 Å². The van der Waals surface area contributed by atoms with Crippen LogP contribution in [-0.4, -0.2) is 5.97 Å². The van der Waals surface area contributed by atoms with Gasteiger partial charge < -0.3 is 4.74 Å². The molecule has 0 saturated carbocycles. The molecule has 0 amide bonds. The number of hydrogen-bond donors (Lipinski definition) is 0. The summed E-state index contributed by atoms with van der Waals surface area (Å²) in [7, 11) is 0. The van der Waals surface area contributed by atoms with Crippen LogP contribution in [0.25, 0.3) is 11.1 Å². The molecular formula is C20H15ClO2. The van der Waals surface area contributed by atoms with E-state index in [0.717, 1.165) is 16.7 Å². The van der Waals surface area contributed by atoms with Crippen LogP contribution in [0.2, 0.25) is 5.02 Å². The molecule has 0 radical (unpaired) electrons. The molecule has 3 aromatic carbocycles. The van der Waals surface area contributed by atoms with Gasteiger partial charge in [-0.25, -0.2) is 4.79 Å². The van der Waals surface area contributed by atoms with Gasteiger partial charge in [0, 0.05) is 5.02 Å². The lowest BCUT2D eigenvalue weighted by molar-refractivity contribution is 0.0473. The first-order chi connectivity index (χ1) is 11.2. The molecule has 0 aliphatic carbocycles. The lowest BCUT2D eigenvalue weighted by atomic mass is 10.00. The predicted octanol–water partition coefficient (Wildman–Crippen LogP) is 5.36. The van der Waals surface area contributed by atoms with Crippen molar-refractivity contribution in [3.63, 3.8) is 0 Å². The molecule has 0 bridgehead atoms. The van der Waals surface area contributed by atoms with Gasteiger partial charge in [-0.05, 0) is 34.9 Å². The Bertz CT molecular complexity index is 795. The molecule has 0 fully saturated rings. The van der Waals surface area contributed by atoms with Crippen molar-refractivity contribution >= 4 is 17.6 Å². The summed E-state index contributed by atoms with van der Waals surface area (Å²) < 4.78 is 5.43. The van der Waals surface area contributed by atoms with Crippen molar-refractivity contribution < 1.29 is 9.53 Å². The van der Waals surface area contributed by atoms with E-state index in [2.05, 4.69) is 0 Å². The molecule has 3 aromatic rings. The lowest BCUT2D eigenvalue weighted by Gasteiger charge is -2.10. The molecule has 0 unspecified atom stereocenters. The number of benzene rings is 3. The number of carbonyl (C=O) groups excluding carboxylic acids is 1. The van der Waals surface area contributed by atoms with E-state index in [9.17, 15) is 4.79 Å². The molecule has 0 spiro atoms. The molecule has 0 aliphatic rings. The van der Waals surface area contributed by atoms with Crippen LogP contribution >= 0.6 is 11.6 Å². The second kappa shape index (κ2) is 7.12. The van der Waals surface area contributed by atoms with Crippen LogP contribution in [0.15, 0.2) is 78.9 Å². The van der Waals surface area contributed by atoms with Gasteiger partial charge in [0.25, 0.3) is 0 Å². The molecule has 0 atom stereocenters. The highest BCUT2D eigenvalue weighted by Gasteiger charge is 2.13. The maximum Gasteiger partial charge on any atom is 0.339 e. The second-order valence-electron chi connectivity index (χ2n) is 5.11. The molecule has 23 heavy (non-hydrogen) atoms. The number of carbonyl (C=O) groups is 1. The highest BCUT2D eigenvalue weighted by molar-refractivity contribution is 6.30. The molecule has 114 valence electrons. The highest BCUT2D eigenvalue weighted by Crippen LogP contribution is 2.24. The minimum atomic E-state index is -0.334. The topological polar surface area (TPSA) is 26.3 Å². The third kappa shape index (κ3) is 3.79. The second-order valence-corrected chi connectivity index (χ2v) is 5.55. The largest absolute Gasteiger partial charge is 0.457 e. The normalized spacial score (nSPS) is 10.3. The first kappa shape index (κ1) is 15.3. The van der Waals surface area contributed by atoms with E-state index >= 15 is 0 Å². The quantitative estimate of drug-likeness (QED) is 0.604. The van der Waals surface area contributed by atoms with Crippen molar-refractivity contribution in [1.29, 1.82) is 0 Å². The van der Waals surface area contributed by atoms with E-state index in [-0.39, 0.29) is 12.6 Å². The Balaban J connectivity index is 1.79. The number of halogens is 1. The summed E-state index contributed by atoms with van der Waals surface area (Å²) in [5.41, 5.74) is 3.33. The van der Waals surface area contributed by atoms with Gasteiger partial charge >= 0.3 is 5.97 Å². The van der Waals surface area contributed by atoms with Crippen LogP contribution in [-0.2, 0) is 11.3 Å². The van der Waals surface area contributed by atoms with E-state index in [0.29, 0.717) is 10.6 Å². The fraction of sp³-hybridized carbons (Fsp3) is 0.0500. The van der Waals surface area contributed by atoms with Gasteiger partial charge in [-0.15, -0.1) is 0 Å². The zero-order chi connectivity index (χ0) is 16.1. The Kier molecular flexibility index (Phi) is 4.74. The third-order valence-electron chi connectivity index (χ3n) is 3.51. The van der Waals surface area contributed by atoms with E-state index in [1.54, 1.807) is 18.2 Å². The first-order valence-corrected chi connectivity index (χ1v) is 7.68. The summed E-state index contributed by atoms with van der Waals surface area (Å²) >= 11 is 5.85. The minimum absolute atomic E-state index is 0.221. The lowest BCUT2D eigenvalue weighted by Crippen LogP contribution is -2.06. The van der Waals surface area contributed by atoms with Gasteiger partial charge in [-0.3, -0.25) is 0 Å². The van der Waals surface area contributed by atoms with E-state index in [4.69, 9.17) is 16.3 Å². The van der Waals surface area contributed by atoms with Crippen molar-refractivity contribution in [2.45, 2.75) is 6.61 Å². The molecule has 2 nitrogen and oxygen atoms in total. The van der Waals surface area contributed by atoms with Crippen molar-refractivity contribution in [3.05, 3.63) is 95.0 Å². The van der Waals surface area contributed by atoms with Gasteiger partial charge in [-0.1, -0.05) is 72.3 Å². The third-order valence-corrected chi connectivity index (χ3v) is 3.77. The van der Waals surface area contributed by atoms with E-state index in [1.807, 2.05) is 60.7 Å². The molecule has 0 aliphatic heterocycles. The summed E-state index contributed by atoms with van der Waals surface area (Å²) in [6.07, 6.45) is 0. The van der Waals surface area contributed by atoms with Crippen molar-refractivity contribution in [2.24, 2.45) is 0 Å². The van der Waals surface area contributed by atoms with Gasteiger partial charge in [-0.2, -0.15) is 0 Å². The van der Waals surface area contributed by atoms with Crippen LogP contribution in [0, 0.1) is 0 Å². The van der Waals surface area contributed by atoms with Gasteiger partial charge in [0.1, 0.15) is 6.61 Å². The number of hydrogen-bond acceptors (Lipinski definition) is 2. The monoisotopic (exact) mass is 322 g/mol. The van der Waals surface area contributed by atoms with Crippen LogP contribution < -0.4 is 0 Å². The Hall–Kier alpha value is -2.58. The van der Waals surface area contributed by atoms with Crippen LogP contribution in [0.4, 0.5) is 0 Å². The smallest absolute Gasteiger partial charge is 0.339 e. The SMILES string of the molecule is O=C(OCc1ccc(Cl)cc1)c1ccccc1-c1ccccc1. The fourth-order valence-electron chi connectivity index (χ4n) is 2.34. The summed E-state index contributed by atoms with van der Waals surface area (Å²) in [6.45, 7) is 0.221. The standard InChI is InChI=1S/C20H15ClO2/c21-17-12-10-15(11-13-17)14-23-20(22)19-9-5-4-8-18(19)16-6-2-1-3-7-16/h1-13H,14H2. The average Bonchev–Trinajstić information content (AvgIpc) is 2.62. The Morgan fingerprint density at radius 2 is 1.48 bits per heavy atom. The molecule has 0 heterocycles. The molecule has 0 saturated heterocycles. The first-order valence-electron chi connectivity index (χ1n) is 7.30. The Labute approximate surface area is 140 Å². The van der Waals surface area contributed by atoms with Crippen molar-refractivity contribution in [1.82, 2.24) is 0 Å². The zero-order valence-electron chi connectivity index (χ0n) is 12.4. The summed E-state index contributed by atoms with van der Waals surface area (Å²) in [5, 5.41) is 0.662. The highest BCUT2D eigenvalue weighted by atomic mass is 35.5. The van der Waals surface area contributed by atoms with Gasteiger partial charge in [0.2, 0.25) is 0 Å². The molecular weight excluding hydrogens is 308 g/mol. The van der Waals surface area contributed by atoms with Crippen LogP contribution in [0.3, 0.4) is 0 Å².